The third-order valence-corrected chi connectivity index (χ3v) is 4.08. The zero-order chi connectivity index (χ0) is 16.7. The first kappa shape index (κ1) is 18.3. The third kappa shape index (κ3) is 5.24. The SMILES string of the molecule is OC[C@H]1O[C@@H](OCCCCCc2ccccc2)[C@@H](O)[C@@H](O)[C@@H]1O. The number of hydrogen-bond acceptors (Lipinski definition) is 6. The Morgan fingerprint density at radius 2 is 1.65 bits per heavy atom. The maximum absolute atomic E-state index is 9.83. The van der Waals surface area contributed by atoms with Gasteiger partial charge in [-0.2, -0.15) is 0 Å². The van der Waals surface area contributed by atoms with Crippen LogP contribution in [0.25, 0.3) is 0 Å². The first-order valence-corrected chi connectivity index (χ1v) is 8.09. The van der Waals surface area contributed by atoms with Crippen LogP contribution in [0.3, 0.4) is 0 Å². The van der Waals surface area contributed by atoms with E-state index in [1.807, 2.05) is 18.2 Å². The molecule has 0 radical (unpaired) electrons. The molecule has 0 aromatic heterocycles. The normalized spacial score (nSPS) is 31.2. The van der Waals surface area contributed by atoms with Gasteiger partial charge < -0.3 is 29.9 Å². The third-order valence-electron chi connectivity index (χ3n) is 4.08. The van der Waals surface area contributed by atoms with Crippen molar-refractivity contribution in [2.24, 2.45) is 0 Å². The van der Waals surface area contributed by atoms with Crippen molar-refractivity contribution >= 4 is 0 Å². The summed E-state index contributed by atoms with van der Waals surface area (Å²) in [5.41, 5.74) is 1.31. The second-order valence-electron chi connectivity index (χ2n) is 5.86. The Labute approximate surface area is 136 Å². The van der Waals surface area contributed by atoms with Gasteiger partial charge in [-0.15, -0.1) is 0 Å². The molecule has 23 heavy (non-hydrogen) atoms. The molecule has 0 saturated carbocycles. The molecule has 0 spiro atoms. The Balaban J connectivity index is 1.63. The predicted molar refractivity (Wildman–Crippen MR) is 83.7 cm³/mol. The summed E-state index contributed by atoms with van der Waals surface area (Å²) in [4.78, 5) is 0. The molecule has 1 fully saturated rings. The fourth-order valence-corrected chi connectivity index (χ4v) is 2.66. The maximum atomic E-state index is 9.83. The number of aliphatic hydroxyl groups is 4. The molecular weight excluding hydrogens is 300 g/mol. The smallest absolute Gasteiger partial charge is 0.186 e. The van der Waals surface area contributed by atoms with Crippen LogP contribution < -0.4 is 0 Å². The van der Waals surface area contributed by atoms with Gasteiger partial charge in [0, 0.05) is 6.61 Å². The molecule has 1 aliphatic rings. The monoisotopic (exact) mass is 326 g/mol. The molecule has 0 aliphatic carbocycles. The number of rotatable bonds is 8. The largest absolute Gasteiger partial charge is 0.394 e. The van der Waals surface area contributed by atoms with E-state index in [9.17, 15) is 15.3 Å². The summed E-state index contributed by atoms with van der Waals surface area (Å²) >= 11 is 0. The molecule has 2 rings (SSSR count). The van der Waals surface area contributed by atoms with Crippen molar-refractivity contribution in [3.8, 4) is 0 Å². The lowest BCUT2D eigenvalue weighted by molar-refractivity contribution is -0.301. The van der Waals surface area contributed by atoms with Crippen molar-refractivity contribution in [1.82, 2.24) is 0 Å². The minimum Gasteiger partial charge on any atom is -0.394 e. The van der Waals surface area contributed by atoms with Crippen LogP contribution in [0.4, 0.5) is 0 Å². The lowest BCUT2D eigenvalue weighted by Gasteiger charge is -2.39. The Hall–Kier alpha value is -1.02. The summed E-state index contributed by atoms with van der Waals surface area (Å²) in [7, 11) is 0. The standard InChI is InChI=1S/C17H26O6/c18-11-13-14(19)15(20)16(21)17(23-13)22-10-6-2-5-9-12-7-3-1-4-8-12/h1,3-4,7-8,13-21H,2,5-6,9-11H2/t13-,14-,15+,16+,17-/m1/s1. The van der Waals surface area contributed by atoms with E-state index < -0.39 is 37.3 Å². The first-order valence-electron chi connectivity index (χ1n) is 8.09. The highest BCUT2D eigenvalue weighted by Gasteiger charge is 2.43. The van der Waals surface area contributed by atoms with E-state index in [1.165, 1.54) is 5.56 Å². The van der Waals surface area contributed by atoms with E-state index in [4.69, 9.17) is 14.6 Å². The van der Waals surface area contributed by atoms with Crippen LogP contribution in [0.1, 0.15) is 24.8 Å². The topological polar surface area (TPSA) is 99.4 Å². The van der Waals surface area contributed by atoms with E-state index in [-0.39, 0.29) is 0 Å². The summed E-state index contributed by atoms with van der Waals surface area (Å²) in [5, 5.41) is 38.3. The predicted octanol–water partition coefficient (Wildman–Crippen LogP) is 0.216. The van der Waals surface area contributed by atoms with E-state index in [2.05, 4.69) is 12.1 Å². The van der Waals surface area contributed by atoms with Crippen LogP contribution in [-0.4, -0.2) is 64.3 Å². The Morgan fingerprint density at radius 1 is 0.913 bits per heavy atom. The highest BCUT2D eigenvalue weighted by molar-refractivity contribution is 5.14. The van der Waals surface area contributed by atoms with Gasteiger partial charge in [-0.1, -0.05) is 36.8 Å². The fourth-order valence-electron chi connectivity index (χ4n) is 2.66. The molecule has 1 aromatic rings. The van der Waals surface area contributed by atoms with Crippen molar-refractivity contribution in [3.63, 3.8) is 0 Å². The van der Waals surface area contributed by atoms with Crippen molar-refractivity contribution < 1.29 is 29.9 Å². The molecule has 1 aromatic carbocycles. The zero-order valence-corrected chi connectivity index (χ0v) is 13.1. The molecule has 0 unspecified atom stereocenters. The second-order valence-corrected chi connectivity index (χ2v) is 5.86. The fraction of sp³-hybridized carbons (Fsp3) is 0.647. The van der Waals surface area contributed by atoms with E-state index in [0.717, 1.165) is 25.7 Å². The average Bonchev–Trinajstić information content (AvgIpc) is 2.58. The summed E-state index contributed by atoms with van der Waals surface area (Å²) in [6, 6.07) is 10.3. The molecule has 1 aliphatic heterocycles. The van der Waals surface area contributed by atoms with Gasteiger partial charge in [0.15, 0.2) is 6.29 Å². The summed E-state index contributed by atoms with van der Waals surface area (Å²) in [6.07, 6.45) is -2.16. The van der Waals surface area contributed by atoms with Crippen molar-refractivity contribution in [1.29, 1.82) is 0 Å². The molecule has 6 nitrogen and oxygen atoms in total. The molecule has 1 saturated heterocycles. The number of aliphatic hydroxyl groups excluding tert-OH is 4. The molecule has 130 valence electrons. The summed E-state index contributed by atoms with van der Waals surface area (Å²) in [5.74, 6) is 0. The number of ether oxygens (including phenoxy) is 2. The van der Waals surface area contributed by atoms with Gasteiger partial charge in [-0.3, -0.25) is 0 Å². The Kier molecular flexibility index (Phi) is 7.42. The van der Waals surface area contributed by atoms with Gasteiger partial charge >= 0.3 is 0 Å². The number of benzene rings is 1. The molecular formula is C17H26O6. The van der Waals surface area contributed by atoms with Crippen LogP contribution in [0.15, 0.2) is 30.3 Å². The first-order chi connectivity index (χ1) is 11.1. The van der Waals surface area contributed by atoms with Gasteiger partial charge in [0.1, 0.15) is 24.4 Å². The van der Waals surface area contributed by atoms with Crippen molar-refractivity contribution in [2.45, 2.75) is 56.4 Å². The molecule has 5 atom stereocenters. The number of unbranched alkanes of at least 4 members (excludes halogenated alkanes) is 2. The molecule has 0 bridgehead atoms. The molecule has 1 heterocycles. The van der Waals surface area contributed by atoms with Crippen LogP contribution in [0.2, 0.25) is 0 Å². The maximum Gasteiger partial charge on any atom is 0.186 e. The molecule has 4 N–H and O–H groups in total. The highest BCUT2D eigenvalue weighted by atomic mass is 16.7. The number of aryl methyl sites for hydroxylation is 1. The zero-order valence-electron chi connectivity index (χ0n) is 13.1. The van der Waals surface area contributed by atoms with Crippen molar-refractivity contribution in [3.05, 3.63) is 35.9 Å². The quantitative estimate of drug-likeness (QED) is 0.510. The van der Waals surface area contributed by atoms with Crippen LogP contribution in [-0.2, 0) is 15.9 Å². The van der Waals surface area contributed by atoms with Crippen LogP contribution in [0.5, 0.6) is 0 Å². The van der Waals surface area contributed by atoms with Gasteiger partial charge in [0.25, 0.3) is 0 Å². The van der Waals surface area contributed by atoms with E-state index >= 15 is 0 Å². The lowest BCUT2D eigenvalue weighted by atomic mass is 9.99. The second kappa shape index (κ2) is 9.32. The minimum absolute atomic E-state index is 0.386. The van der Waals surface area contributed by atoms with Crippen LogP contribution in [0, 0.1) is 0 Å². The Morgan fingerprint density at radius 3 is 2.35 bits per heavy atom. The average molecular weight is 326 g/mol. The lowest BCUT2D eigenvalue weighted by Crippen LogP contribution is -2.59. The summed E-state index contributed by atoms with van der Waals surface area (Å²) < 4.78 is 10.7. The minimum atomic E-state index is -1.39. The molecule has 0 amide bonds. The molecule has 6 heteroatoms. The highest BCUT2D eigenvalue weighted by Crippen LogP contribution is 2.22. The van der Waals surface area contributed by atoms with Crippen molar-refractivity contribution in [2.75, 3.05) is 13.2 Å². The Bertz CT molecular complexity index is 438. The van der Waals surface area contributed by atoms with Gasteiger partial charge in [0.05, 0.1) is 6.61 Å². The number of hydrogen-bond donors (Lipinski definition) is 4. The van der Waals surface area contributed by atoms with E-state index in [0.29, 0.717) is 6.61 Å². The van der Waals surface area contributed by atoms with Gasteiger partial charge in [-0.05, 0) is 24.8 Å². The van der Waals surface area contributed by atoms with Gasteiger partial charge in [0.2, 0.25) is 0 Å². The van der Waals surface area contributed by atoms with Crippen LogP contribution >= 0.6 is 0 Å². The van der Waals surface area contributed by atoms with Gasteiger partial charge in [-0.25, -0.2) is 0 Å². The summed E-state index contributed by atoms with van der Waals surface area (Å²) in [6.45, 7) is -0.0562. The van der Waals surface area contributed by atoms with E-state index in [1.54, 1.807) is 0 Å².